The molecule has 0 bridgehead atoms. The first-order chi connectivity index (χ1) is 8.17. The minimum atomic E-state index is -0.243. The van der Waals surface area contributed by atoms with Gasteiger partial charge in [-0.25, -0.2) is 4.39 Å². The Morgan fingerprint density at radius 3 is 2.88 bits per heavy atom. The maximum atomic E-state index is 12.9. The van der Waals surface area contributed by atoms with E-state index >= 15 is 0 Å². The molecule has 0 aliphatic heterocycles. The van der Waals surface area contributed by atoms with E-state index in [2.05, 4.69) is 21.4 Å². The molecule has 0 spiro atoms. The summed E-state index contributed by atoms with van der Waals surface area (Å²) in [5, 5.41) is 0. The smallest absolute Gasteiger partial charge is 0.124 e. The van der Waals surface area contributed by atoms with E-state index in [0.717, 1.165) is 22.9 Å². The molecule has 0 heterocycles. The monoisotopic (exact) mass is 304 g/mol. The van der Waals surface area contributed by atoms with Crippen LogP contribution in [0.2, 0.25) is 0 Å². The largest absolute Gasteiger partial charge is 0.382 e. The fourth-order valence-electron chi connectivity index (χ4n) is 1.57. The molecule has 0 saturated carbocycles. The Kier molecular flexibility index (Phi) is 6.65. The van der Waals surface area contributed by atoms with E-state index in [1.807, 2.05) is 6.92 Å². The highest BCUT2D eigenvalue weighted by atomic mass is 79.9. The van der Waals surface area contributed by atoms with Gasteiger partial charge in [-0.2, -0.15) is 0 Å². The van der Waals surface area contributed by atoms with Crippen molar-refractivity contribution in [2.45, 2.75) is 25.8 Å². The Morgan fingerprint density at radius 2 is 2.29 bits per heavy atom. The summed E-state index contributed by atoms with van der Waals surface area (Å²) >= 11 is 3.35. The van der Waals surface area contributed by atoms with E-state index in [1.165, 1.54) is 12.1 Å². The second-order valence-electron chi connectivity index (χ2n) is 3.79. The van der Waals surface area contributed by atoms with Gasteiger partial charge in [0, 0.05) is 23.7 Å². The van der Waals surface area contributed by atoms with Gasteiger partial charge < -0.3 is 4.74 Å². The quantitative estimate of drug-likeness (QED) is 0.462. The van der Waals surface area contributed by atoms with Gasteiger partial charge in [0.1, 0.15) is 5.82 Å². The first-order valence-electron chi connectivity index (χ1n) is 5.65. The lowest BCUT2D eigenvalue weighted by atomic mass is 10.0. The van der Waals surface area contributed by atoms with Gasteiger partial charge in [-0.3, -0.25) is 11.3 Å². The molecule has 0 aliphatic rings. The number of ether oxygens (including phenoxy) is 1. The van der Waals surface area contributed by atoms with E-state index in [0.29, 0.717) is 13.2 Å². The summed E-state index contributed by atoms with van der Waals surface area (Å²) in [6.07, 6.45) is 1.57. The van der Waals surface area contributed by atoms with Crippen LogP contribution in [0.3, 0.4) is 0 Å². The second-order valence-corrected chi connectivity index (χ2v) is 4.64. The molecule has 3 nitrogen and oxygen atoms in total. The first kappa shape index (κ1) is 14.6. The Hall–Kier alpha value is -0.490. The predicted molar refractivity (Wildman–Crippen MR) is 70.0 cm³/mol. The maximum Gasteiger partial charge on any atom is 0.124 e. The lowest BCUT2D eigenvalue weighted by Gasteiger charge is -2.16. The van der Waals surface area contributed by atoms with Crippen LogP contribution in [-0.2, 0) is 11.2 Å². The summed E-state index contributed by atoms with van der Waals surface area (Å²) in [5.74, 6) is 5.24. The molecule has 5 heteroatoms. The SMILES string of the molecule is CCOCCC(Cc1ccc(F)cc1Br)NN. The maximum absolute atomic E-state index is 12.9. The van der Waals surface area contributed by atoms with Crippen LogP contribution in [0.25, 0.3) is 0 Å². The molecule has 0 saturated heterocycles. The second kappa shape index (κ2) is 7.76. The topological polar surface area (TPSA) is 47.3 Å². The average Bonchev–Trinajstić information content (AvgIpc) is 2.31. The lowest BCUT2D eigenvalue weighted by molar-refractivity contribution is 0.136. The van der Waals surface area contributed by atoms with Gasteiger partial charge in [0.25, 0.3) is 0 Å². The molecule has 0 radical (unpaired) electrons. The third-order valence-electron chi connectivity index (χ3n) is 2.53. The highest BCUT2D eigenvalue weighted by molar-refractivity contribution is 9.10. The highest BCUT2D eigenvalue weighted by Crippen LogP contribution is 2.20. The molecule has 96 valence electrons. The molecule has 1 atom stereocenters. The Balaban J connectivity index is 2.54. The van der Waals surface area contributed by atoms with Crippen LogP contribution in [0, 0.1) is 5.82 Å². The molecule has 0 aliphatic carbocycles. The number of hydrogen-bond acceptors (Lipinski definition) is 3. The summed E-state index contributed by atoms with van der Waals surface area (Å²) < 4.78 is 19.0. The van der Waals surface area contributed by atoms with E-state index in [-0.39, 0.29) is 11.9 Å². The fraction of sp³-hybridized carbons (Fsp3) is 0.500. The molecule has 17 heavy (non-hydrogen) atoms. The summed E-state index contributed by atoms with van der Waals surface area (Å²) in [5.41, 5.74) is 3.79. The highest BCUT2D eigenvalue weighted by Gasteiger charge is 2.10. The third-order valence-corrected chi connectivity index (χ3v) is 3.27. The van der Waals surface area contributed by atoms with Crippen LogP contribution in [0.15, 0.2) is 22.7 Å². The summed E-state index contributed by atoms with van der Waals surface area (Å²) in [6, 6.07) is 4.81. The van der Waals surface area contributed by atoms with Crippen LogP contribution >= 0.6 is 15.9 Å². The Labute approximate surface area is 110 Å². The molecular formula is C12H18BrFN2O. The lowest BCUT2D eigenvalue weighted by Crippen LogP contribution is -2.37. The van der Waals surface area contributed by atoms with Gasteiger partial charge >= 0.3 is 0 Å². The third kappa shape index (κ3) is 5.12. The van der Waals surface area contributed by atoms with Crippen molar-refractivity contribution < 1.29 is 9.13 Å². The van der Waals surface area contributed by atoms with Crippen molar-refractivity contribution in [1.82, 2.24) is 5.43 Å². The normalized spacial score (nSPS) is 12.7. The Morgan fingerprint density at radius 1 is 1.53 bits per heavy atom. The van der Waals surface area contributed by atoms with E-state index in [9.17, 15) is 4.39 Å². The molecule has 1 unspecified atom stereocenters. The summed E-state index contributed by atoms with van der Waals surface area (Å²) in [4.78, 5) is 0. The predicted octanol–water partition coefficient (Wildman–Crippen LogP) is 2.39. The van der Waals surface area contributed by atoms with Gasteiger partial charge in [0.2, 0.25) is 0 Å². The van der Waals surface area contributed by atoms with E-state index in [1.54, 1.807) is 6.07 Å². The molecule has 1 rings (SSSR count). The van der Waals surface area contributed by atoms with Crippen molar-refractivity contribution in [1.29, 1.82) is 0 Å². The van der Waals surface area contributed by atoms with Gasteiger partial charge in [-0.1, -0.05) is 22.0 Å². The zero-order valence-corrected chi connectivity index (χ0v) is 11.5. The fourth-order valence-corrected chi connectivity index (χ4v) is 2.08. The van der Waals surface area contributed by atoms with Crippen molar-refractivity contribution in [2.24, 2.45) is 5.84 Å². The first-order valence-corrected chi connectivity index (χ1v) is 6.44. The number of halogens is 2. The molecule has 3 N–H and O–H groups in total. The van der Waals surface area contributed by atoms with Crippen LogP contribution in [0.5, 0.6) is 0 Å². The van der Waals surface area contributed by atoms with Crippen molar-refractivity contribution in [3.63, 3.8) is 0 Å². The number of rotatable bonds is 7. The van der Waals surface area contributed by atoms with Crippen molar-refractivity contribution in [3.8, 4) is 0 Å². The minimum Gasteiger partial charge on any atom is -0.382 e. The number of nitrogens with two attached hydrogens (primary N) is 1. The molecule has 1 aromatic carbocycles. The Bertz CT molecular complexity index is 349. The van der Waals surface area contributed by atoms with Crippen LogP contribution < -0.4 is 11.3 Å². The number of hydrazine groups is 1. The molecule has 0 fully saturated rings. The summed E-state index contributed by atoms with van der Waals surface area (Å²) in [7, 11) is 0. The number of hydrogen-bond donors (Lipinski definition) is 2. The van der Waals surface area contributed by atoms with Crippen molar-refractivity contribution >= 4 is 15.9 Å². The van der Waals surface area contributed by atoms with Gasteiger partial charge in [0.15, 0.2) is 0 Å². The van der Waals surface area contributed by atoms with E-state index < -0.39 is 0 Å². The van der Waals surface area contributed by atoms with Crippen molar-refractivity contribution in [3.05, 3.63) is 34.1 Å². The molecule has 1 aromatic rings. The zero-order chi connectivity index (χ0) is 12.7. The average molecular weight is 305 g/mol. The van der Waals surface area contributed by atoms with Gasteiger partial charge in [0.05, 0.1) is 0 Å². The number of benzene rings is 1. The minimum absolute atomic E-state index is 0.128. The standard InChI is InChI=1S/C12H18BrFN2O/c1-2-17-6-5-11(16-15)7-9-3-4-10(14)8-12(9)13/h3-4,8,11,16H,2,5-7,15H2,1H3. The van der Waals surface area contributed by atoms with Crippen LogP contribution in [0.4, 0.5) is 4.39 Å². The molecule has 0 aromatic heterocycles. The van der Waals surface area contributed by atoms with E-state index in [4.69, 9.17) is 10.6 Å². The zero-order valence-electron chi connectivity index (χ0n) is 9.88. The molecule has 0 amide bonds. The number of nitrogens with one attached hydrogen (secondary N) is 1. The van der Waals surface area contributed by atoms with Crippen LogP contribution in [-0.4, -0.2) is 19.3 Å². The summed E-state index contributed by atoms with van der Waals surface area (Å²) in [6.45, 7) is 3.34. The van der Waals surface area contributed by atoms with Crippen LogP contribution in [0.1, 0.15) is 18.9 Å². The molecular weight excluding hydrogens is 287 g/mol. The van der Waals surface area contributed by atoms with Gasteiger partial charge in [-0.05, 0) is 37.5 Å². The van der Waals surface area contributed by atoms with Crippen molar-refractivity contribution in [2.75, 3.05) is 13.2 Å². The van der Waals surface area contributed by atoms with Gasteiger partial charge in [-0.15, -0.1) is 0 Å².